The normalized spacial score (nSPS) is 10.4. The van der Waals surface area contributed by atoms with Crippen LogP contribution in [0.25, 0.3) is 0 Å². The first-order chi connectivity index (χ1) is 10.3. The number of hydrogen-bond acceptors (Lipinski definition) is 3. The maximum absolute atomic E-state index is 13.0. The molecule has 2 aromatic carbocycles. The number of rotatable bonds is 8. The number of ether oxygens (including phenoxy) is 3. The van der Waals surface area contributed by atoms with Gasteiger partial charge in [-0.05, 0) is 18.2 Å². The van der Waals surface area contributed by atoms with E-state index in [9.17, 15) is 4.39 Å². The highest BCUT2D eigenvalue weighted by Crippen LogP contribution is 2.20. The third-order valence-electron chi connectivity index (χ3n) is 2.95. The zero-order chi connectivity index (χ0) is 14.9. The van der Waals surface area contributed by atoms with Gasteiger partial charge in [-0.15, -0.1) is 0 Å². The van der Waals surface area contributed by atoms with Gasteiger partial charge in [0, 0.05) is 18.1 Å². The van der Waals surface area contributed by atoms with Crippen LogP contribution in [0.3, 0.4) is 0 Å². The van der Waals surface area contributed by atoms with Crippen LogP contribution in [-0.2, 0) is 11.3 Å². The van der Waals surface area contributed by atoms with Crippen molar-refractivity contribution in [1.29, 1.82) is 0 Å². The molecule has 0 bridgehead atoms. The minimum atomic E-state index is -0.313. The summed E-state index contributed by atoms with van der Waals surface area (Å²) < 4.78 is 29.3. The number of benzene rings is 2. The molecule has 3 nitrogen and oxygen atoms in total. The van der Waals surface area contributed by atoms with Crippen LogP contribution >= 0.6 is 0 Å². The second-order valence-electron chi connectivity index (χ2n) is 4.52. The summed E-state index contributed by atoms with van der Waals surface area (Å²) in [5.41, 5.74) is 0.836. The molecule has 0 N–H and O–H groups in total. The topological polar surface area (TPSA) is 27.7 Å². The molecular weight excluding hydrogens is 271 g/mol. The first kappa shape index (κ1) is 15.3. The molecule has 0 radical (unpaired) electrons. The molecule has 0 unspecified atom stereocenters. The van der Waals surface area contributed by atoms with Crippen molar-refractivity contribution in [3.8, 4) is 11.5 Å². The van der Waals surface area contributed by atoms with E-state index in [1.54, 1.807) is 6.07 Å². The Morgan fingerprint density at radius 1 is 1.00 bits per heavy atom. The van der Waals surface area contributed by atoms with Crippen LogP contribution < -0.4 is 9.47 Å². The standard InChI is InChI=1S/C17H19FO3/c1-19-17-12-15(18)9-8-14(17)13-20-10-5-11-21-16-6-3-2-4-7-16/h2-4,6-9,12H,5,10-11,13H2,1H3. The average Bonchev–Trinajstić information content (AvgIpc) is 2.52. The zero-order valence-corrected chi connectivity index (χ0v) is 12.0. The summed E-state index contributed by atoms with van der Waals surface area (Å²) >= 11 is 0. The third kappa shape index (κ3) is 5.08. The molecule has 0 heterocycles. The van der Waals surface area contributed by atoms with Gasteiger partial charge in [0.2, 0.25) is 0 Å². The number of para-hydroxylation sites is 1. The summed E-state index contributed by atoms with van der Waals surface area (Å²) in [6.45, 7) is 1.58. The van der Waals surface area contributed by atoms with Crippen LogP contribution in [0.5, 0.6) is 11.5 Å². The highest BCUT2D eigenvalue weighted by molar-refractivity contribution is 5.33. The predicted octanol–water partition coefficient (Wildman–Crippen LogP) is 3.82. The fourth-order valence-corrected chi connectivity index (χ4v) is 1.89. The highest BCUT2D eigenvalue weighted by atomic mass is 19.1. The molecule has 2 aromatic rings. The van der Waals surface area contributed by atoms with Crippen molar-refractivity contribution in [3.05, 3.63) is 59.9 Å². The Morgan fingerprint density at radius 3 is 2.57 bits per heavy atom. The van der Waals surface area contributed by atoms with Crippen LogP contribution in [0.2, 0.25) is 0 Å². The summed E-state index contributed by atoms with van der Waals surface area (Å²) in [5.74, 6) is 1.06. The monoisotopic (exact) mass is 290 g/mol. The first-order valence-corrected chi connectivity index (χ1v) is 6.87. The maximum atomic E-state index is 13.0. The smallest absolute Gasteiger partial charge is 0.127 e. The van der Waals surface area contributed by atoms with Gasteiger partial charge in [0.25, 0.3) is 0 Å². The molecule has 0 aliphatic heterocycles. The van der Waals surface area contributed by atoms with Gasteiger partial charge < -0.3 is 14.2 Å². The lowest BCUT2D eigenvalue weighted by Crippen LogP contribution is -2.04. The number of methoxy groups -OCH3 is 1. The lowest BCUT2D eigenvalue weighted by Gasteiger charge is -2.10. The van der Waals surface area contributed by atoms with E-state index in [-0.39, 0.29) is 5.82 Å². The lowest BCUT2D eigenvalue weighted by molar-refractivity contribution is 0.105. The Kier molecular flexibility index (Phi) is 6.03. The van der Waals surface area contributed by atoms with E-state index in [0.717, 1.165) is 17.7 Å². The van der Waals surface area contributed by atoms with Gasteiger partial charge in [-0.2, -0.15) is 0 Å². The molecule has 21 heavy (non-hydrogen) atoms. The quantitative estimate of drug-likeness (QED) is 0.692. The van der Waals surface area contributed by atoms with Gasteiger partial charge in [-0.25, -0.2) is 4.39 Å². The molecule has 0 spiro atoms. The van der Waals surface area contributed by atoms with Gasteiger partial charge in [-0.3, -0.25) is 0 Å². The van der Waals surface area contributed by atoms with Crippen molar-refractivity contribution in [3.63, 3.8) is 0 Å². The van der Waals surface area contributed by atoms with Gasteiger partial charge in [-0.1, -0.05) is 24.3 Å². The molecular formula is C17H19FO3. The molecule has 0 atom stereocenters. The zero-order valence-electron chi connectivity index (χ0n) is 12.0. The van der Waals surface area contributed by atoms with E-state index in [4.69, 9.17) is 14.2 Å². The molecule has 2 rings (SSSR count). The third-order valence-corrected chi connectivity index (χ3v) is 2.95. The van der Waals surface area contributed by atoms with Gasteiger partial charge in [0.15, 0.2) is 0 Å². The summed E-state index contributed by atoms with van der Waals surface area (Å²) in [6.07, 6.45) is 0.790. The van der Waals surface area contributed by atoms with E-state index < -0.39 is 0 Å². The summed E-state index contributed by atoms with van der Waals surface area (Å²) in [5, 5.41) is 0. The van der Waals surface area contributed by atoms with E-state index in [1.165, 1.54) is 19.2 Å². The fraction of sp³-hybridized carbons (Fsp3) is 0.294. The van der Waals surface area contributed by atoms with Crippen molar-refractivity contribution < 1.29 is 18.6 Å². The fourth-order valence-electron chi connectivity index (χ4n) is 1.89. The van der Waals surface area contributed by atoms with Gasteiger partial charge in [0.05, 0.1) is 26.9 Å². The van der Waals surface area contributed by atoms with Crippen LogP contribution in [0.15, 0.2) is 48.5 Å². The molecule has 4 heteroatoms. The molecule has 0 saturated carbocycles. The molecule has 112 valence electrons. The average molecular weight is 290 g/mol. The van der Waals surface area contributed by atoms with Crippen LogP contribution in [0, 0.1) is 5.82 Å². The lowest BCUT2D eigenvalue weighted by atomic mass is 10.2. The Morgan fingerprint density at radius 2 is 1.81 bits per heavy atom. The molecule has 0 amide bonds. The van der Waals surface area contributed by atoms with E-state index in [2.05, 4.69) is 0 Å². The Hall–Kier alpha value is -2.07. The molecule has 0 saturated heterocycles. The van der Waals surface area contributed by atoms with Crippen LogP contribution in [0.1, 0.15) is 12.0 Å². The van der Waals surface area contributed by atoms with E-state index in [0.29, 0.717) is 25.6 Å². The molecule has 0 aliphatic carbocycles. The van der Waals surface area contributed by atoms with Crippen molar-refractivity contribution in [1.82, 2.24) is 0 Å². The van der Waals surface area contributed by atoms with E-state index >= 15 is 0 Å². The van der Waals surface area contributed by atoms with Crippen molar-refractivity contribution in [2.24, 2.45) is 0 Å². The van der Waals surface area contributed by atoms with Crippen molar-refractivity contribution in [2.45, 2.75) is 13.0 Å². The number of halogens is 1. The Bertz CT molecular complexity index is 543. The SMILES string of the molecule is COc1cc(F)ccc1COCCCOc1ccccc1. The van der Waals surface area contributed by atoms with Crippen LogP contribution in [0.4, 0.5) is 4.39 Å². The van der Waals surface area contributed by atoms with Gasteiger partial charge in [0.1, 0.15) is 17.3 Å². The van der Waals surface area contributed by atoms with Crippen molar-refractivity contribution >= 4 is 0 Å². The number of hydrogen-bond donors (Lipinski definition) is 0. The second kappa shape index (κ2) is 8.27. The molecule has 0 fully saturated rings. The first-order valence-electron chi connectivity index (χ1n) is 6.87. The summed E-state index contributed by atoms with van der Waals surface area (Å²) in [6, 6.07) is 14.1. The summed E-state index contributed by atoms with van der Waals surface area (Å²) in [7, 11) is 1.52. The molecule has 0 aliphatic rings. The minimum absolute atomic E-state index is 0.313. The van der Waals surface area contributed by atoms with E-state index in [1.807, 2.05) is 30.3 Å². The Balaban J connectivity index is 1.66. The largest absolute Gasteiger partial charge is 0.496 e. The van der Waals surface area contributed by atoms with Gasteiger partial charge >= 0.3 is 0 Å². The van der Waals surface area contributed by atoms with Crippen LogP contribution in [-0.4, -0.2) is 20.3 Å². The minimum Gasteiger partial charge on any atom is -0.496 e. The summed E-state index contributed by atoms with van der Waals surface area (Å²) in [4.78, 5) is 0. The molecule has 0 aromatic heterocycles. The second-order valence-corrected chi connectivity index (χ2v) is 4.52. The Labute approximate surface area is 124 Å². The maximum Gasteiger partial charge on any atom is 0.127 e. The highest BCUT2D eigenvalue weighted by Gasteiger charge is 2.04. The van der Waals surface area contributed by atoms with Crippen molar-refractivity contribution in [2.75, 3.05) is 20.3 Å². The predicted molar refractivity (Wildman–Crippen MR) is 79.2 cm³/mol.